The number of amides is 1. The first-order chi connectivity index (χ1) is 10.2. The van der Waals surface area contributed by atoms with Crippen LogP contribution < -0.4 is 9.47 Å². The molecule has 0 atom stereocenters. The van der Waals surface area contributed by atoms with E-state index in [0.29, 0.717) is 12.3 Å². The Morgan fingerprint density at radius 1 is 1.19 bits per heavy atom. The second-order valence-corrected chi connectivity index (χ2v) is 4.75. The Balaban J connectivity index is 2.59. The summed E-state index contributed by atoms with van der Waals surface area (Å²) in [5, 5.41) is 9.12. The highest BCUT2D eigenvalue weighted by Crippen LogP contribution is 2.17. The van der Waals surface area contributed by atoms with Crippen molar-refractivity contribution in [3.63, 3.8) is 0 Å². The Bertz CT molecular complexity index is 415. The molecule has 118 valence electrons. The van der Waals surface area contributed by atoms with E-state index in [1.807, 2.05) is 13.8 Å². The standard InChI is InChI=1S/C16H25NO4/c1-4-13(5-2)17(10-11-18)16(19)12-21-15-8-6-14(20-3)7-9-15/h6-9,13,18H,4-5,10-12H2,1-3H3. The van der Waals surface area contributed by atoms with Crippen molar-refractivity contribution in [2.75, 3.05) is 26.9 Å². The minimum atomic E-state index is -0.103. The molecular formula is C16H25NO4. The number of aliphatic hydroxyl groups excluding tert-OH is 1. The van der Waals surface area contributed by atoms with Gasteiger partial charge in [-0.1, -0.05) is 13.8 Å². The van der Waals surface area contributed by atoms with Gasteiger partial charge in [-0.3, -0.25) is 4.79 Å². The maximum Gasteiger partial charge on any atom is 0.260 e. The lowest BCUT2D eigenvalue weighted by Crippen LogP contribution is -2.43. The Hall–Kier alpha value is -1.75. The van der Waals surface area contributed by atoms with Crippen molar-refractivity contribution in [3.8, 4) is 11.5 Å². The SMILES string of the molecule is CCC(CC)N(CCO)C(=O)COc1ccc(OC)cc1. The van der Waals surface area contributed by atoms with Crippen molar-refractivity contribution in [2.45, 2.75) is 32.7 Å². The Kier molecular flexibility index (Phi) is 7.61. The molecule has 0 aliphatic carbocycles. The van der Waals surface area contributed by atoms with Crippen molar-refractivity contribution in [1.82, 2.24) is 4.90 Å². The summed E-state index contributed by atoms with van der Waals surface area (Å²) in [7, 11) is 1.60. The molecule has 0 bridgehead atoms. The van der Waals surface area contributed by atoms with Gasteiger partial charge in [-0.15, -0.1) is 0 Å². The van der Waals surface area contributed by atoms with Crippen LogP contribution in [0.2, 0.25) is 0 Å². The van der Waals surface area contributed by atoms with Gasteiger partial charge in [0, 0.05) is 12.6 Å². The fourth-order valence-electron chi connectivity index (χ4n) is 2.25. The quantitative estimate of drug-likeness (QED) is 0.758. The summed E-state index contributed by atoms with van der Waals surface area (Å²) >= 11 is 0. The van der Waals surface area contributed by atoms with Gasteiger partial charge in [0.15, 0.2) is 6.61 Å². The third kappa shape index (κ3) is 5.27. The molecule has 0 saturated carbocycles. The number of aliphatic hydroxyl groups is 1. The van der Waals surface area contributed by atoms with Gasteiger partial charge < -0.3 is 19.5 Å². The summed E-state index contributed by atoms with van der Waals surface area (Å²) in [4.78, 5) is 14.0. The molecule has 5 heteroatoms. The molecule has 21 heavy (non-hydrogen) atoms. The van der Waals surface area contributed by atoms with Gasteiger partial charge in [-0.25, -0.2) is 0 Å². The molecule has 0 aliphatic heterocycles. The average Bonchev–Trinajstić information content (AvgIpc) is 2.53. The lowest BCUT2D eigenvalue weighted by molar-refractivity contribution is -0.136. The van der Waals surface area contributed by atoms with Crippen LogP contribution in [0.5, 0.6) is 11.5 Å². The highest BCUT2D eigenvalue weighted by Gasteiger charge is 2.20. The van der Waals surface area contributed by atoms with Gasteiger partial charge in [0.25, 0.3) is 5.91 Å². The van der Waals surface area contributed by atoms with Crippen molar-refractivity contribution in [2.24, 2.45) is 0 Å². The number of carbonyl (C=O) groups excluding carboxylic acids is 1. The Labute approximate surface area is 126 Å². The second kappa shape index (κ2) is 9.23. The third-order valence-corrected chi connectivity index (χ3v) is 3.47. The van der Waals surface area contributed by atoms with Crippen LogP contribution in [-0.2, 0) is 4.79 Å². The topological polar surface area (TPSA) is 59.0 Å². The maximum absolute atomic E-state index is 12.3. The molecule has 1 amide bonds. The van der Waals surface area contributed by atoms with Crippen molar-refractivity contribution in [3.05, 3.63) is 24.3 Å². The molecule has 1 rings (SSSR count). The van der Waals surface area contributed by atoms with Gasteiger partial charge in [0.1, 0.15) is 11.5 Å². The van der Waals surface area contributed by atoms with Gasteiger partial charge in [0.2, 0.25) is 0 Å². The number of ether oxygens (including phenoxy) is 2. The van der Waals surface area contributed by atoms with E-state index in [2.05, 4.69) is 0 Å². The van der Waals surface area contributed by atoms with Crippen LogP contribution in [0.1, 0.15) is 26.7 Å². The molecule has 1 N–H and O–H groups in total. The second-order valence-electron chi connectivity index (χ2n) is 4.75. The molecule has 5 nitrogen and oxygen atoms in total. The molecule has 0 aliphatic rings. The highest BCUT2D eigenvalue weighted by molar-refractivity contribution is 5.78. The van der Waals surface area contributed by atoms with Crippen LogP contribution in [0, 0.1) is 0 Å². The maximum atomic E-state index is 12.3. The van der Waals surface area contributed by atoms with Gasteiger partial charge in [-0.05, 0) is 37.1 Å². The molecule has 0 heterocycles. The van der Waals surface area contributed by atoms with E-state index >= 15 is 0 Å². The lowest BCUT2D eigenvalue weighted by Gasteiger charge is -2.30. The van der Waals surface area contributed by atoms with E-state index < -0.39 is 0 Å². The minimum absolute atomic E-state index is 0.0250. The molecule has 0 unspecified atom stereocenters. The largest absolute Gasteiger partial charge is 0.497 e. The first-order valence-electron chi connectivity index (χ1n) is 7.33. The molecule has 0 fully saturated rings. The normalized spacial score (nSPS) is 10.5. The van der Waals surface area contributed by atoms with E-state index in [-0.39, 0.29) is 25.2 Å². The number of carbonyl (C=O) groups is 1. The summed E-state index contributed by atoms with van der Waals surface area (Å²) in [6.45, 7) is 4.36. The molecule has 0 spiro atoms. The smallest absolute Gasteiger partial charge is 0.260 e. The minimum Gasteiger partial charge on any atom is -0.497 e. The number of hydrogen-bond donors (Lipinski definition) is 1. The summed E-state index contributed by atoms with van der Waals surface area (Å²) in [5.74, 6) is 1.26. The number of nitrogens with zero attached hydrogens (tertiary/aromatic N) is 1. The molecule has 0 saturated heterocycles. The molecule has 1 aromatic carbocycles. The van der Waals surface area contributed by atoms with Crippen LogP contribution in [0.15, 0.2) is 24.3 Å². The predicted octanol–water partition coefficient (Wildman–Crippen LogP) is 2.08. The highest BCUT2D eigenvalue weighted by atomic mass is 16.5. The van der Waals surface area contributed by atoms with Crippen molar-refractivity contribution in [1.29, 1.82) is 0 Å². The van der Waals surface area contributed by atoms with Crippen LogP contribution in [0.25, 0.3) is 0 Å². The number of hydrogen-bond acceptors (Lipinski definition) is 4. The zero-order valence-corrected chi connectivity index (χ0v) is 13.0. The zero-order chi connectivity index (χ0) is 15.7. The van der Waals surface area contributed by atoms with Crippen molar-refractivity contribution >= 4 is 5.91 Å². The first kappa shape index (κ1) is 17.3. The first-order valence-corrected chi connectivity index (χ1v) is 7.33. The summed E-state index contributed by atoms with van der Waals surface area (Å²) in [5.41, 5.74) is 0. The van der Waals surface area contributed by atoms with E-state index in [0.717, 1.165) is 18.6 Å². The van der Waals surface area contributed by atoms with Crippen LogP contribution in [-0.4, -0.2) is 48.8 Å². The Morgan fingerprint density at radius 3 is 2.24 bits per heavy atom. The van der Waals surface area contributed by atoms with Gasteiger partial charge in [0.05, 0.1) is 13.7 Å². The zero-order valence-electron chi connectivity index (χ0n) is 13.0. The summed E-state index contributed by atoms with van der Waals surface area (Å²) in [6, 6.07) is 7.24. The van der Waals surface area contributed by atoms with Gasteiger partial charge >= 0.3 is 0 Å². The predicted molar refractivity (Wildman–Crippen MR) is 81.7 cm³/mol. The lowest BCUT2D eigenvalue weighted by atomic mass is 10.1. The summed E-state index contributed by atoms with van der Waals surface area (Å²) in [6.07, 6.45) is 1.73. The van der Waals surface area contributed by atoms with Crippen LogP contribution in [0.3, 0.4) is 0 Å². The number of methoxy groups -OCH3 is 1. The van der Waals surface area contributed by atoms with E-state index in [4.69, 9.17) is 14.6 Å². The monoisotopic (exact) mass is 295 g/mol. The van der Waals surface area contributed by atoms with Crippen LogP contribution in [0.4, 0.5) is 0 Å². The summed E-state index contributed by atoms with van der Waals surface area (Å²) < 4.78 is 10.6. The number of benzene rings is 1. The molecule has 1 aromatic rings. The Morgan fingerprint density at radius 2 is 1.76 bits per heavy atom. The van der Waals surface area contributed by atoms with E-state index in [1.54, 1.807) is 36.3 Å². The van der Waals surface area contributed by atoms with Crippen LogP contribution >= 0.6 is 0 Å². The third-order valence-electron chi connectivity index (χ3n) is 3.47. The molecular weight excluding hydrogens is 270 g/mol. The van der Waals surface area contributed by atoms with E-state index in [9.17, 15) is 4.79 Å². The van der Waals surface area contributed by atoms with Crippen molar-refractivity contribution < 1.29 is 19.4 Å². The van der Waals surface area contributed by atoms with E-state index in [1.165, 1.54) is 0 Å². The average molecular weight is 295 g/mol. The fourth-order valence-corrected chi connectivity index (χ4v) is 2.25. The molecule has 0 aromatic heterocycles. The van der Waals surface area contributed by atoms with Gasteiger partial charge in [-0.2, -0.15) is 0 Å². The number of rotatable bonds is 9. The fraction of sp³-hybridized carbons (Fsp3) is 0.562. The molecule has 0 radical (unpaired) electrons.